The van der Waals surface area contributed by atoms with Gasteiger partial charge < -0.3 is 4.98 Å². The van der Waals surface area contributed by atoms with Gasteiger partial charge in [0, 0.05) is 22.0 Å². The maximum atomic E-state index is 11.6. The monoisotopic (exact) mass is 278 g/mol. The van der Waals surface area contributed by atoms with Gasteiger partial charge in [0.2, 0.25) is 0 Å². The molecule has 0 fully saturated rings. The zero-order valence-corrected chi connectivity index (χ0v) is 9.72. The van der Waals surface area contributed by atoms with Gasteiger partial charge >= 0.3 is 5.69 Å². The van der Waals surface area contributed by atoms with E-state index in [1.54, 1.807) is 0 Å². The second kappa shape index (κ2) is 3.18. The largest absolute Gasteiger partial charge is 0.326 e. The average Bonchev–Trinajstić information content (AvgIpc) is 2.59. The standard InChI is InChI=1S/C11H7BrN2O2/c12-8-3-1-2-5-6(8)4-7-9(5)13-11(16)14-10(7)15/h1-3H,4H2,(H2,13,14,15,16). The molecule has 1 aliphatic carbocycles. The molecule has 2 aromatic rings. The van der Waals surface area contributed by atoms with Crippen molar-refractivity contribution in [2.45, 2.75) is 6.42 Å². The highest BCUT2D eigenvalue weighted by Crippen LogP contribution is 2.36. The molecule has 0 spiro atoms. The summed E-state index contributed by atoms with van der Waals surface area (Å²) in [4.78, 5) is 27.8. The molecule has 0 atom stereocenters. The fourth-order valence-corrected chi connectivity index (χ4v) is 2.57. The Morgan fingerprint density at radius 1 is 1.12 bits per heavy atom. The minimum absolute atomic E-state index is 0.304. The summed E-state index contributed by atoms with van der Waals surface area (Å²) in [7, 11) is 0. The van der Waals surface area contributed by atoms with Gasteiger partial charge in [0.15, 0.2) is 0 Å². The van der Waals surface area contributed by atoms with Gasteiger partial charge in [-0.15, -0.1) is 0 Å². The van der Waals surface area contributed by atoms with E-state index in [1.807, 2.05) is 18.2 Å². The Kier molecular flexibility index (Phi) is 1.91. The van der Waals surface area contributed by atoms with Crippen LogP contribution in [-0.2, 0) is 6.42 Å². The number of hydrogen-bond acceptors (Lipinski definition) is 2. The first kappa shape index (κ1) is 9.59. The Morgan fingerprint density at radius 2 is 1.94 bits per heavy atom. The maximum absolute atomic E-state index is 11.6. The molecule has 0 aliphatic heterocycles. The molecular weight excluding hydrogens is 272 g/mol. The van der Waals surface area contributed by atoms with Crippen LogP contribution in [0.4, 0.5) is 0 Å². The van der Waals surface area contributed by atoms with Crippen LogP contribution in [0.5, 0.6) is 0 Å². The van der Waals surface area contributed by atoms with Crippen molar-refractivity contribution in [3.63, 3.8) is 0 Å². The van der Waals surface area contributed by atoms with Gasteiger partial charge in [-0.25, -0.2) is 4.79 Å². The lowest BCUT2D eigenvalue weighted by Crippen LogP contribution is -2.24. The van der Waals surface area contributed by atoms with Crippen LogP contribution in [0.3, 0.4) is 0 Å². The summed E-state index contributed by atoms with van der Waals surface area (Å²) in [6.45, 7) is 0. The maximum Gasteiger partial charge on any atom is 0.326 e. The topological polar surface area (TPSA) is 65.7 Å². The molecule has 0 bridgehead atoms. The van der Waals surface area contributed by atoms with Crippen LogP contribution < -0.4 is 11.2 Å². The molecule has 0 unspecified atom stereocenters. The Morgan fingerprint density at radius 3 is 2.75 bits per heavy atom. The highest BCUT2D eigenvalue weighted by molar-refractivity contribution is 9.10. The third-order valence-corrected chi connectivity index (χ3v) is 3.53. The lowest BCUT2D eigenvalue weighted by molar-refractivity contribution is 1.01. The van der Waals surface area contributed by atoms with E-state index in [0.29, 0.717) is 17.7 Å². The summed E-state index contributed by atoms with van der Waals surface area (Å²) in [6, 6.07) is 5.72. The molecule has 1 aromatic heterocycles. The summed E-state index contributed by atoms with van der Waals surface area (Å²) >= 11 is 3.45. The van der Waals surface area contributed by atoms with E-state index >= 15 is 0 Å². The molecule has 4 nitrogen and oxygen atoms in total. The SMILES string of the molecule is O=c1[nH]c2c(c(=O)[nH]1)Cc1c(Br)cccc1-2. The van der Waals surface area contributed by atoms with Crippen LogP contribution in [0.25, 0.3) is 11.3 Å². The van der Waals surface area contributed by atoms with Crippen molar-refractivity contribution in [3.05, 3.63) is 54.6 Å². The lowest BCUT2D eigenvalue weighted by atomic mass is 10.1. The molecule has 0 radical (unpaired) electrons. The molecule has 1 aromatic carbocycles. The number of H-pyrrole nitrogens is 2. The third-order valence-electron chi connectivity index (χ3n) is 2.78. The summed E-state index contributed by atoms with van der Waals surface area (Å²) in [5.41, 5.74) is 2.47. The summed E-state index contributed by atoms with van der Waals surface area (Å²) in [5, 5.41) is 0. The third kappa shape index (κ3) is 1.21. The van der Waals surface area contributed by atoms with Crippen LogP contribution in [0.2, 0.25) is 0 Å². The summed E-state index contributed by atoms with van der Waals surface area (Å²) in [5.74, 6) is 0. The van der Waals surface area contributed by atoms with Crippen molar-refractivity contribution < 1.29 is 0 Å². The minimum atomic E-state index is -0.462. The smallest absolute Gasteiger partial charge is 0.307 e. The zero-order chi connectivity index (χ0) is 11.3. The minimum Gasteiger partial charge on any atom is -0.307 e. The van der Waals surface area contributed by atoms with Crippen LogP contribution in [0.15, 0.2) is 32.3 Å². The molecule has 16 heavy (non-hydrogen) atoms. The molecule has 0 saturated heterocycles. The fraction of sp³-hybridized carbons (Fsp3) is 0.0909. The quantitative estimate of drug-likeness (QED) is 0.653. The van der Waals surface area contributed by atoms with Crippen molar-refractivity contribution in [1.82, 2.24) is 9.97 Å². The van der Waals surface area contributed by atoms with Gasteiger partial charge in [0.25, 0.3) is 5.56 Å². The molecule has 80 valence electrons. The van der Waals surface area contributed by atoms with Crippen molar-refractivity contribution >= 4 is 15.9 Å². The van der Waals surface area contributed by atoms with Gasteiger partial charge in [-0.2, -0.15) is 0 Å². The first-order valence-electron chi connectivity index (χ1n) is 4.80. The molecule has 1 aliphatic rings. The fourth-order valence-electron chi connectivity index (χ4n) is 2.06. The van der Waals surface area contributed by atoms with Gasteiger partial charge in [0.05, 0.1) is 5.69 Å². The number of halogens is 1. The molecule has 1 heterocycles. The number of rotatable bonds is 0. The molecule has 2 N–H and O–H groups in total. The Hall–Kier alpha value is -1.62. The van der Waals surface area contributed by atoms with Crippen molar-refractivity contribution in [1.29, 1.82) is 0 Å². The molecule has 3 rings (SSSR count). The first-order chi connectivity index (χ1) is 7.66. The van der Waals surface area contributed by atoms with E-state index < -0.39 is 5.69 Å². The van der Waals surface area contributed by atoms with Crippen LogP contribution in [0, 0.1) is 0 Å². The summed E-state index contributed by atoms with van der Waals surface area (Å²) < 4.78 is 0.960. The Bertz CT molecular complexity index is 700. The summed E-state index contributed by atoms with van der Waals surface area (Å²) in [6.07, 6.45) is 0.554. The van der Waals surface area contributed by atoms with Crippen molar-refractivity contribution in [3.8, 4) is 11.3 Å². The van der Waals surface area contributed by atoms with E-state index in [9.17, 15) is 9.59 Å². The highest BCUT2D eigenvalue weighted by Gasteiger charge is 2.23. The number of hydrogen-bond donors (Lipinski definition) is 2. The van der Waals surface area contributed by atoms with Crippen molar-refractivity contribution in [2.75, 3.05) is 0 Å². The Labute approximate surface area is 98.5 Å². The Balaban J connectivity index is 2.42. The van der Waals surface area contributed by atoms with E-state index in [2.05, 4.69) is 25.9 Å². The predicted octanol–water partition coefficient (Wildman–Crippen LogP) is 1.40. The number of nitrogens with one attached hydrogen (secondary N) is 2. The van der Waals surface area contributed by atoms with E-state index in [-0.39, 0.29) is 5.56 Å². The normalized spacial score (nSPS) is 12.3. The predicted molar refractivity (Wildman–Crippen MR) is 63.6 cm³/mol. The van der Waals surface area contributed by atoms with E-state index in [4.69, 9.17) is 0 Å². The number of aromatic amines is 2. The molecule has 0 saturated carbocycles. The van der Waals surface area contributed by atoms with E-state index in [1.165, 1.54) is 0 Å². The second-order valence-electron chi connectivity index (χ2n) is 3.70. The lowest BCUT2D eigenvalue weighted by Gasteiger charge is -2.00. The second-order valence-corrected chi connectivity index (χ2v) is 4.56. The zero-order valence-electron chi connectivity index (χ0n) is 8.13. The van der Waals surface area contributed by atoms with Gasteiger partial charge in [-0.1, -0.05) is 28.1 Å². The van der Waals surface area contributed by atoms with E-state index in [0.717, 1.165) is 15.6 Å². The van der Waals surface area contributed by atoms with Gasteiger partial charge in [0.1, 0.15) is 0 Å². The first-order valence-corrected chi connectivity index (χ1v) is 5.59. The van der Waals surface area contributed by atoms with Gasteiger partial charge in [-0.05, 0) is 11.6 Å². The highest BCUT2D eigenvalue weighted by atomic mass is 79.9. The number of benzene rings is 1. The number of fused-ring (bicyclic) bond motifs is 3. The van der Waals surface area contributed by atoms with Crippen LogP contribution in [0.1, 0.15) is 11.1 Å². The van der Waals surface area contributed by atoms with Gasteiger partial charge in [-0.3, -0.25) is 9.78 Å². The number of aromatic nitrogens is 2. The molecular formula is C11H7BrN2O2. The molecule has 5 heteroatoms. The average molecular weight is 279 g/mol. The van der Waals surface area contributed by atoms with Crippen LogP contribution >= 0.6 is 15.9 Å². The van der Waals surface area contributed by atoms with Crippen molar-refractivity contribution in [2.24, 2.45) is 0 Å². The molecule has 0 amide bonds. The van der Waals surface area contributed by atoms with Crippen LogP contribution in [-0.4, -0.2) is 9.97 Å².